The molecule has 2 saturated heterocycles. The van der Waals surface area contributed by atoms with Gasteiger partial charge in [0.15, 0.2) is 0 Å². The Labute approximate surface area is 167 Å². The molecular weight excluding hydrogens is 378 g/mol. The fourth-order valence-electron chi connectivity index (χ4n) is 3.64. The molecule has 1 aromatic carbocycles. The first kappa shape index (κ1) is 18.7. The number of benzene rings is 1. The maximum Gasteiger partial charge on any atom is 0.243 e. The molecule has 4 rings (SSSR count). The minimum Gasteiger partial charge on any atom is -0.497 e. The molecule has 1 atom stereocenters. The first-order valence-electron chi connectivity index (χ1n) is 9.47. The summed E-state index contributed by atoms with van der Waals surface area (Å²) in [4.78, 5) is 28.4. The van der Waals surface area contributed by atoms with Crippen LogP contribution >= 0.6 is 11.3 Å². The van der Waals surface area contributed by atoms with Gasteiger partial charge in [0.05, 0.1) is 7.11 Å². The largest absolute Gasteiger partial charge is 0.497 e. The van der Waals surface area contributed by atoms with Crippen LogP contribution in [0, 0.1) is 0 Å². The molecule has 148 valence electrons. The number of methoxy groups -OCH3 is 1. The molecular formula is C19H23N5O3S. The Balaban J connectivity index is 1.41. The van der Waals surface area contributed by atoms with Crippen molar-refractivity contribution in [3.05, 3.63) is 29.8 Å². The maximum absolute atomic E-state index is 12.8. The molecule has 28 heavy (non-hydrogen) atoms. The van der Waals surface area contributed by atoms with E-state index in [4.69, 9.17) is 4.74 Å². The van der Waals surface area contributed by atoms with Crippen molar-refractivity contribution in [2.24, 2.45) is 0 Å². The summed E-state index contributed by atoms with van der Waals surface area (Å²) >= 11 is 1.38. The van der Waals surface area contributed by atoms with E-state index in [0.29, 0.717) is 29.8 Å². The van der Waals surface area contributed by atoms with E-state index >= 15 is 0 Å². The molecule has 1 unspecified atom stereocenters. The van der Waals surface area contributed by atoms with Crippen LogP contribution in [0.2, 0.25) is 0 Å². The highest BCUT2D eigenvalue weighted by Gasteiger charge is 2.34. The number of nitrogens with one attached hydrogen (secondary N) is 1. The Bertz CT molecular complexity index is 871. The summed E-state index contributed by atoms with van der Waals surface area (Å²) in [5.41, 5.74) is 0.989. The third kappa shape index (κ3) is 3.80. The summed E-state index contributed by atoms with van der Waals surface area (Å²) in [6.07, 6.45) is 3.12. The van der Waals surface area contributed by atoms with Crippen molar-refractivity contribution in [3.8, 4) is 5.75 Å². The van der Waals surface area contributed by atoms with Gasteiger partial charge in [0.25, 0.3) is 0 Å². The summed E-state index contributed by atoms with van der Waals surface area (Å²) in [6.45, 7) is 1.90. The zero-order valence-electron chi connectivity index (χ0n) is 15.8. The SMILES string of the molecule is COc1cccc(CNC(=O)C2CCCN2c2nnc(N3CCCC3=O)s2)c1. The summed E-state index contributed by atoms with van der Waals surface area (Å²) in [5.74, 6) is 0.845. The van der Waals surface area contributed by atoms with Crippen LogP contribution in [0.3, 0.4) is 0 Å². The molecule has 9 heteroatoms. The van der Waals surface area contributed by atoms with Crippen molar-refractivity contribution in [1.82, 2.24) is 15.5 Å². The van der Waals surface area contributed by atoms with Gasteiger partial charge < -0.3 is 15.0 Å². The molecule has 1 N–H and O–H groups in total. The minimum atomic E-state index is -0.263. The Morgan fingerprint density at radius 2 is 2.14 bits per heavy atom. The second kappa shape index (κ2) is 8.14. The third-order valence-corrected chi connectivity index (χ3v) is 6.09. The van der Waals surface area contributed by atoms with Crippen LogP contribution in [0.4, 0.5) is 10.3 Å². The quantitative estimate of drug-likeness (QED) is 0.796. The summed E-state index contributed by atoms with van der Waals surface area (Å²) in [5, 5.41) is 12.8. The molecule has 0 radical (unpaired) electrons. The van der Waals surface area contributed by atoms with E-state index in [9.17, 15) is 9.59 Å². The molecule has 1 aromatic heterocycles. The predicted octanol–water partition coefficient (Wildman–Crippen LogP) is 1.96. The highest BCUT2D eigenvalue weighted by molar-refractivity contribution is 7.19. The molecule has 0 spiro atoms. The molecule has 2 aliphatic rings. The van der Waals surface area contributed by atoms with Crippen molar-refractivity contribution in [1.29, 1.82) is 0 Å². The van der Waals surface area contributed by atoms with Gasteiger partial charge in [0.1, 0.15) is 11.8 Å². The zero-order valence-corrected chi connectivity index (χ0v) is 16.6. The Kier molecular flexibility index (Phi) is 5.43. The number of carbonyl (C=O) groups excluding carboxylic acids is 2. The molecule has 0 bridgehead atoms. The van der Waals surface area contributed by atoms with Crippen LogP contribution in [-0.2, 0) is 16.1 Å². The van der Waals surface area contributed by atoms with Crippen LogP contribution < -0.4 is 19.9 Å². The highest BCUT2D eigenvalue weighted by Crippen LogP contribution is 2.33. The lowest BCUT2D eigenvalue weighted by molar-refractivity contribution is -0.122. The molecule has 3 heterocycles. The lowest BCUT2D eigenvalue weighted by atomic mass is 10.2. The van der Waals surface area contributed by atoms with Crippen molar-refractivity contribution in [2.75, 3.05) is 30.0 Å². The number of rotatable bonds is 6. The number of nitrogens with zero attached hydrogens (tertiary/aromatic N) is 4. The number of hydrogen-bond donors (Lipinski definition) is 1. The summed E-state index contributed by atoms with van der Waals surface area (Å²) < 4.78 is 5.23. The second-order valence-corrected chi connectivity index (χ2v) is 7.87. The van der Waals surface area contributed by atoms with E-state index in [1.54, 1.807) is 12.0 Å². The normalized spacial score (nSPS) is 19.3. The van der Waals surface area contributed by atoms with Gasteiger partial charge >= 0.3 is 0 Å². The maximum atomic E-state index is 12.8. The molecule has 0 aliphatic carbocycles. The van der Waals surface area contributed by atoms with Gasteiger partial charge in [-0.25, -0.2) is 0 Å². The van der Waals surface area contributed by atoms with Gasteiger partial charge in [-0.15, -0.1) is 10.2 Å². The standard InChI is InChI=1S/C19H23N5O3S/c1-27-14-6-2-5-13(11-14)12-20-17(26)15-7-3-9-23(15)18-21-22-19(28-18)24-10-4-8-16(24)25/h2,5-6,11,15H,3-4,7-10,12H2,1H3,(H,20,26). The fourth-order valence-corrected chi connectivity index (χ4v) is 4.61. The number of hydrogen-bond acceptors (Lipinski definition) is 7. The van der Waals surface area contributed by atoms with Crippen molar-refractivity contribution in [2.45, 2.75) is 38.3 Å². The van der Waals surface area contributed by atoms with Crippen LogP contribution in [-0.4, -0.2) is 48.3 Å². The average Bonchev–Trinajstić information content (AvgIpc) is 3.45. The third-order valence-electron chi connectivity index (χ3n) is 5.11. The van der Waals surface area contributed by atoms with Gasteiger partial charge in [0, 0.05) is 26.1 Å². The van der Waals surface area contributed by atoms with Crippen molar-refractivity contribution < 1.29 is 14.3 Å². The van der Waals surface area contributed by atoms with Crippen LogP contribution in [0.15, 0.2) is 24.3 Å². The lowest BCUT2D eigenvalue weighted by Crippen LogP contribution is -2.43. The number of anilines is 2. The minimum absolute atomic E-state index is 0.0191. The molecule has 2 aliphatic heterocycles. The van der Waals surface area contributed by atoms with E-state index in [0.717, 1.165) is 37.1 Å². The topological polar surface area (TPSA) is 87.7 Å². The lowest BCUT2D eigenvalue weighted by Gasteiger charge is -2.22. The molecule has 2 amide bonds. The second-order valence-electron chi connectivity index (χ2n) is 6.94. The Morgan fingerprint density at radius 3 is 2.93 bits per heavy atom. The highest BCUT2D eigenvalue weighted by atomic mass is 32.1. The summed E-state index contributed by atoms with van der Waals surface area (Å²) in [7, 11) is 1.63. The van der Waals surface area contributed by atoms with E-state index in [1.165, 1.54) is 11.3 Å². The predicted molar refractivity (Wildman–Crippen MR) is 107 cm³/mol. The number of aromatic nitrogens is 2. The first-order chi connectivity index (χ1) is 13.7. The Morgan fingerprint density at radius 1 is 1.29 bits per heavy atom. The monoisotopic (exact) mass is 401 g/mol. The van der Waals surface area contributed by atoms with E-state index in [1.807, 2.05) is 29.2 Å². The number of carbonyl (C=O) groups is 2. The van der Waals surface area contributed by atoms with Crippen molar-refractivity contribution >= 4 is 33.4 Å². The van der Waals surface area contributed by atoms with Gasteiger partial charge in [-0.3, -0.25) is 14.5 Å². The van der Waals surface area contributed by atoms with E-state index < -0.39 is 0 Å². The number of ether oxygens (including phenoxy) is 1. The Hall–Kier alpha value is -2.68. The fraction of sp³-hybridized carbons (Fsp3) is 0.474. The van der Waals surface area contributed by atoms with Crippen molar-refractivity contribution in [3.63, 3.8) is 0 Å². The van der Waals surface area contributed by atoms with Gasteiger partial charge in [-0.2, -0.15) is 0 Å². The van der Waals surface area contributed by atoms with E-state index in [2.05, 4.69) is 15.5 Å². The smallest absolute Gasteiger partial charge is 0.243 e. The molecule has 0 saturated carbocycles. The summed E-state index contributed by atoms with van der Waals surface area (Å²) in [6, 6.07) is 7.39. The van der Waals surface area contributed by atoms with Crippen LogP contribution in [0.25, 0.3) is 0 Å². The average molecular weight is 401 g/mol. The number of amides is 2. The van der Waals surface area contributed by atoms with E-state index in [-0.39, 0.29) is 17.9 Å². The van der Waals surface area contributed by atoms with Gasteiger partial charge in [-0.1, -0.05) is 23.5 Å². The van der Waals surface area contributed by atoms with Gasteiger partial charge in [0.2, 0.25) is 22.1 Å². The first-order valence-corrected chi connectivity index (χ1v) is 10.3. The van der Waals surface area contributed by atoms with Crippen LogP contribution in [0.5, 0.6) is 5.75 Å². The molecule has 2 aromatic rings. The molecule has 2 fully saturated rings. The molecule has 8 nitrogen and oxygen atoms in total. The van der Waals surface area contributed by atoms with Crippen LogP contribution in [0.1, 0.15) is 31.2 Å². The zero-order chi connectivity index (χ0) is 19.5. The van der Waals surface area contributed by atoms with Gasteiger partial charge in [-0.05, 0) is 37.0 Å².